The van der Waals surface area contributed by atoms with Crippen molar-refractivity contribution in [1.29, 1.82) is 0 Å². The molecule has 3 rings (SSSR count). The summed E-state index contributed by atoms with van der Waals surface area (Å²) in [6, 6.07) is 18.5. The molecule has 0 aliphatic heterocycles. The number of benzene rings is 2. The van der Waals surface area contributed by atoms with Crippen molar-refractivity contribution in [2.75, 3.05) is 6.54 Å². The molecule has 0 unspecified atom stereocenters. The van der Waals surface area contributed by atoms with Crippen LogP contribution in [0.3, 0.4) is 0 Å². The van der Waals surface area contributed by atoms with Crippen LogP contribution in [0.2, 0.25) is 0 Å². The average Bonchev–Trinajstić information content (AvgIpc) is 3.33. The second-order valence-electron chi connectivity index (χ2n) is 9.37. The molecule has 1 amide bonds. The number of amides is 1. The molecule has 2 aromatic carbocycles. The smallest absolute Gasteiger partial charge is 0.407 e. The minimum atomic E-state index is -0.627. The first kappa shape index (κ1) is 26.0. The molecule has 8 heteroatoms. The highest BCUT2D eigenvalue weighted by atomic mass is 16.6. The molecule has 1 heterocycles. The maximum absolute atomic E-state index is 13.0. The largest absolute Gasteiger partial charge is 0.460 e. The summed E-state index contributed by atoms with van der Waals surface area (Å²) in [5.74, 6) is -0.376. The van der Waals surface area contributed by atoms with Crippen molar-refractivity contribution in [1.82, 2.24) is 20.6 Å². The number of imidazole rings is 1. The van der Waals surface area contributed by atoms with Gasteiger partial charge in [-0.15, -0.1) is 0 Å². The van der Waals surface area contributed by atoms with Crippen LogP contribution >= 0.6 is 0 Å². The quantitative estimate of drug-likeness (QED) is 0.362. The Kier molecular flexibility index (Phi) is 9.43. The highest BCUT2D eigenvalue weighted by molar-refractivity contribution is 5.76. The first-order valence-electron chi connectivity index (χ1n) is 11.7. The van der Waals surface area contributed by atoms with E-state index in [1.54, 1.807) is 12.5 Å². The van der Waals surface area contributed by atoms with Crippen molar-refractivity contribution in [3.8, 4) is 0 Å². The van der Waals surface area contributed by atoms with E-state index in [0.29, 0.717) is 19.4 Å². The lowest BCUT2D eigenvalue weighted by atomic mass is 10.0. The SMILES string of the molecule is CC(C)(C)OC(=O)N[C@H](CN[C@@H](Cc1cnc[nH]1)C(=O)OCc1ccccc1)Cc1ccccc1. The Bertz CT molecular complexity index is 1030. The van der Waals surface area contributed by atoms with E-state index in [1.807, 2.05) is 81.4 Å². The van der Waals surface area contributed by atoms with Gasteiger partial charge in [0, 0.05) is 30.9 Å². The molecule has 0 saturated carbocycles. The Morgan fingerprint density at radius 2 is 1.63 bits per heavy atom. The third kappa shape index (κ3) is 9.62. The van der Waals surface area contributed by atoms with Crippen LogP contribution in [0.15, 0.2) is 73.2 Å². The Balaban J connectivity index is 1.67. The molecule has 0 aliphatic carbocycles. The summed E-state index contributed by atoms with van der Waals surface area (Å²) in [5, 5.41) is 6.23. The van der Waals surface area contributed by atoms with Gasteiger partial charge in [-0.05, 0) is 38.3 Å². The normalized spacial score (nSPS) is 13.0. The first-order valence-corrected chi connectivity index (χ1v) is 11.7. The summed E-state index contributed by atoms with van der Waals surface area (Å²) in [6.07, 6.45) is 3.70. The van der Waals surface area contributed by atoms with Gasteiger partial charge < -0.3 is 25.1 Å². The number of aromatic amines is 1. The molecule has 35 heavy (non-hydrogen) atoms. The van der Waals surface area contributed by atoms with Gasteiger partial charge in [-0.3, -0.25) is 4.79 Å². The number of carbonyl (C=O) groups is 2. The van der Waals surface area contributed by atoms with E-state index in [4.69, 9.17) is 9.47 Å². The number of carbonyl (C=O) groups excluding carboxylic acids is 2. The van der Waals surface area contributed by atoms with Crippen LogP contribution < -0.4 is 10.6 Å². The van der Waals surface area contributed by atoms with Gasteiger partial charge in [0.1, 0.15) is 18.2 Å². The van der Waals surface area contributed by atoms with E-state index in [1.165, 1.54) is 0 Å². The molecule has 3 N–H and O–H groups in total. The summed E-state index contributed by atoms with van der Waals surface area (Å²) < 4.78 is 11.0. The summed E-state index contributed by atoms with van der Waals surface area (Å²) in [4.78, 5) is 32.6. The lowest BCUT2D eigenvalue weighted by molar-refractivity contribution is -0.147. The molecule has 0 saturated heterocycles. The third-order valence-corrected chi connectivity index (χ3v) is 5.14. The number of hydrogen-bond donors (Lipinski definition) is 3. The third-order valence-electron chi connectivity index (χ3n) is 5.14. The zero-order chi connectivity index (χ0) is 25.1. The Morgan fingerprint density at radius 1 is 0.971 bits per heavy atom. The minimum absolute atomic E-state index is 0.185. The number of alkyl carbamates (subject to hydrolysis) is 1. The van der Waals surface area contributed by atoms with E-state index >= 15 is 0 Å². The molecule has 0 radical (unpaired) electrons. The second-order valence-corrected chi connectivity index (χ2v) is 9.37. The Labute approximate surface area is 206 Å². The van der Waals surface area contributed by atoms with Crippen LogP contribution in [0.4, 0.5) is 4.79 Å². The number of ether oxygens (including phenoxy) is 2. The number of esters is 1. The minimum Gasteiger partial charge on any atom is -0.460 e. The molecule has 0 aliphatic rings. The summed E-state index contributed by atoms with van der Waals surface area (Å²) in [6.45, 7) is 5.98. The van der Waals surface area contributed by atoms with E-state index in [0.717, 1.165) is 16.8 Å². The van der Waals surface area contributed by atoms with Gasteiger partial charge in [0.25, 0.3) is 0 Å². The molecule has 2 atom stereocenters. The van der Waals surface area contributed by atoms with Gasteiger partial charge in [-0.25, -0.2) is 9.78 Å². The fourth-order valence-electron chi connectivity index (χ4n) is 3.52. The molecule has 3 aromatic rings. The number of nitrogens with zero attached hydrogens (tertiary/aromatic N) is 1. The van der Waals surface area contributed by atoms with E-state index in [-0.39, 0.29) is 18.6 Å². The monoisotopic (exact) mass is 478 g/mol. The van der Waals surface area contributed by atoms with E-state index in [9.17, 15) is 9.59 Å². The molecule has 0 spiro atoms. The molecular formula is C27H34N4O4. The lowest BCUT2D eigenvalue weighted by Crippen LogP contribution is -2.50. The summed E-state index contributed by atoms with van der Waals surface area (Å²) in [7, 11) is 0. The van der Waals surface area contributed by atoms with Crippen molar-refractivity contribution in [2.45, 2.75) is 57.9 Å². The zero-order valence-electron chi connectivity index (χ0n) is 20.5. The van der Waals surface area contributed by atoms with E-state index in [2.05, 4.69) is 20.6 Å². The van der Waals surface area contributed by atoms with Crippen molar-refractivity contribution < 1.29 is 19.1 Å². The van der Waals surface area contributed by atoms with Crippen LogP contribution in [0, 0.1) is 0 Å². The van der Waals surface area contributed by atoms with Gasteiger partial charge in [0.05, 0.1) is 6.33 Å². The van der Waals surface area contributed by atoms with Gasteiger partial charge in [0.2, 0.25) is 0 Å². The summed E-state index contributed by atoms with van der Waals surface area (Å²) >= 11 is 0. The maximum Gasteiger partial charge on any atom is 0.407 e. The fourth-order valence-corrected chi connectivity index (χ4v) is 3.52. The lowest BCUT2D eigenvalue weighted by Gasteiger charge is -2.25. The van der Waals surface area contributed by atoms with Crippen LogP contribution in [0.1, 0.15) is 37.6 Å². The number of aromatic nitrogens is 2. The number of rotatable bonds is 11. The van der Waals surface area contributed by atoms with Crippen LogP contribution in [0.5, 0.6) is 0 Å². The summed E-state index contributed by atoms with van der Waals surface area (Å²) in [5.41, 5.74) is 2.17. The molecular weight excluding hydrogens is 444 g/mol. The topological polar surface area (TPSA) is 105 Å². The predicted molar refractivity (Wildman–Crippen MR) is 134 cm³/mol. The first-order chi connectivity index (χ1) is 16.8. The molecule has 0 fully saturated rings. The van der Waals surface area contributed by atoms with Crippen molar-refractivity contribution in [3.05, 3.63) is 90.0 Å². The standard InChI is InChI=1S/C27H34N4O4/c1-27(2,3)35-26(33)31-23(14-20-10-6-4-7-11-20)17-29-24(15-22-16-28-19-30-22)25(32)34-18-21-12-8-5-9-13-21/h4-13,16,19,23-24,29H,14-15,17-18H2,1-3H3,(H,28,30)(H,31,33)/t23-,24-/m0/s1. The number of nitrogens with one attached hydrogen (secondary N) is 3. The fraction of sp³-hybridized carbons (Fsp3) is 0.370. The average molecular weight is 479 g/mol. The Hall–Kier alpha value is -3.65. The molecule has 186 valence electrons. The van der Waals surface area contributed by atoms with Gasteiger partial charge >= 0.3 is 12.1 Å². The Morgan fingerprint density at radius 3 is 2.23 bits per heavy atom. The van der Waals surface area contributed by atoms with E-state index < -0.39 is 17.7 Å². The number of hydrogen-bond acceptors (Lipinski definition) is 6. The van der Waals surface area contributed by atoms with Crippen molar-refractivity contribution in [3.63, 3.8) is 0 Å². The van der Waals surface area contributed by atoms with Gasteiger partial charge in [-0.2, -0.15) is 0 Å². The highest BCUT2D eigenvalue weighted by Gasteiger charge is 2.25. The predicted octanol–water partition coefficient (Wildman–Crippen LogP) is 3.79. The number of H-pyrrole nitrogens is 1. The van der Waals surface area contributed by atoms with Crippen LogP contribution in [0.25, 0.3) is 0 Å². The molecule has 8 nitrogen and oxygen atoms in total. The molecule has 0 bridgehead atoms. The van der Waals surface area contributed by atoms with Crippen molar-refractivity contribution in [2.24, 2.45) is 0 Å². The van der Waals surface area contributed by atoms with Crippen LogP contribution in [-0.2, 0) is 33.7 Å². The maximum atomic E-state index is 13.0. The zero-order valence-corrected chi connectivity index (χ0v) is 20.5. The second kappa shape index (κ2) is 12.7. The van der Waals surface area contributed by atoms with Gasteiger partial charge in [0.15, 0.2) is 0 Å². The van der Waals surface area contributed by atoms with Crippen molar-refractivity contribution >= 4 is 12.1 Å². The van der Waals surface area contributed by atoms with Gasteiger partial charge in [-0.1, -0.05) is 60.7 Å². The van der Waals surface area contributed by atoms with Crippen LogP contribution in [-0.4, -0.2) is 46.3 Å². The highest BCUT2D eigenvalue weighted by Crippen LogP contribution is 2.10. The molecule has 1 aromatic heterocycles.